The molecule has 4 nitrogen and oxygen atoms in total. The molecule has 4 heteroatoms. The molecule has 1 aromatic carbocycles. The van der Waals surface area contributed by atoms with E-state index in [1.54, 1.807) is 0 Å². The number of benzene rings is 1. The van der Waals surface area contributed by atoms with Crippen LogP contribution in [-0.2, 0) is 0 Å². The molecule has 1 aliphatic heterocycles. The van der Waals surface area contributed by atoms with Crippen molar-refractivity contribution in [2.45, 2.75) is 18.8 Å². The molecule has 0 aliphatic carbocycles. The fourth-order valence-electron chi connectivity index (χ4n) is 2.35. The smallest absolute Gasteiger partial charge is 0.147 e. The van der Waals surface area contributed by atoms with Crippen LogP contribution in [0, 0.1) is 0 Å². The van der Waals surface area contributed by atoms with Crippen molar-refractivity contribution in [3.63, 3.8) is 0 Å². The van der Waals surface area contributed by atoms with Crippen LogP contribution in [0.1, 0.15) is 24.3 Å². The van der Waals surface area contributed by atoms with Crippen LogP contribution in [0.3, 0.4) is 0 Å². The van der Waals surface area contributed by atoms with E-state index in [0.29, 0.717) is 5.84 Å². The number of likely N-dealkylation sites (tertiary alicyclic amines) is 1. The average molecular weight is 233 g/mol. The summed E-state index contributed by atoms with van der Waals surface area (Å²) in [6.45, 7) is 3.06. The third kappa shape index (κ3) is 2.97. The Kier molecular flexibility index (Phi) is 3.98. The zero-order valence-electron chi connectivity index (χ0n) is 9.92. The zero-order valence-corrected chi connectivity index (χ0v) is 9.92. The van der Waals surface area contributed by atoms with Crippen molar-refractivity contribution in [3.8, 4) is 0 Å². The highest BCUT2D eigenvalue weighted by Crippen LogP contribution is 2.19. The van der Waals surface area contributed by atoms with Crippen LogP contribution in [0.2, 0.25) is 0 Å². The predicted molar refractivity (Wildman–Crippen MR) is 68.3 cm³/mol. The summed E-state index contributed by atoms with van der Waals surface area (Å²) in [7, 11) is 0. The van der Waals surface area contributed by atoms with E-state index in [4.69, 9.17) is 10.9 Å². The van der Waals surface area contributed by atoms with E-state index >= 15 is 0 Å². The molecule has 1 heterocycles. The third-order valence-corrected chi connectivity index (χ3v) is 3.31. The Morgan fingerprint density at radius 1 is 1.29 bits per heavy atom. The van der Waals surface area contributed by atoms with Gasteiger partial charge in [0.15, 0.2) is 0 Å². The van der Waals surface area contributed by atoms with E-state index in [2.05, 4.69) is 10.1 Å². The van der Waals surface area contributed by atoms with Gasteiger partial charge in [-0.15, -0.1) is 0 Å². The molecule has 2 rings (SSSR count). The standard InChI is InChI=1S/C13H19N3O/c14-13(15-17)12(10-16-8-4-5-9-16)11-6-2-1-3-7-11/h1-3,6-7,12,17H,4-5,8-10H2,(H2,14,15). The molecular formula is C13H19N3O. The van der Waals surface area contributed by atoms with Gasteiger partial charge >= 0.3 is 0 Å². The largest absolute Gasteiger partial charge is 0.409 e. The maximum atomic E-state index is 8.88. The van der Waals surface area contributed by atoms with Crippen molar-refractivity contribution in [2.24, 2.45) is 10.9 Å². The Bertz CT molecular complexity index is 372. The molecular weight excluding hydrogens is 214 g/mol. The molecule has 0 radical (unpaired) electrons. The van der Waals surface area contributed by atoms with Crippen molar-refractivity contribution in [3.05, 3.63) is 35.9 Å². The molecule has 0 amide bonds. The van der Waals surface area contributed by atoms with E-state index in [1.165, 1.54) is 12.8 Å². The molecule has 1 aromatic rings. The Morgan fingerprint density at radius 2 is 1.94 bits per heavy atom. The summed E-state index contributed by atoms with van der Waals surface area (Å²) in [5.74, 6) is 0.280. The van der Waals surface area contributed by atoms with Gasteiger partial charge in [-0.25, -0.2) is 0 Å². The van der Waals surface area contributed by atoms with Gasteiger partial charge in [-0.2, -0.15) is 0 Å². The third-order valence-electron chi connectivity index (χ3n) is 3.31. The maximum Gasteiger partial charge on any atom is 0.147 e. The van der Waals surface area contributed by atoms with E-state index in [0.717, 1.165) is 25.2 Å². The quantitative estimate of drug-likeness (QED) is 0.359. The molecule has 1 unspecified atom stereocenters. The molecule has 0 aromatic heterocycles. The summed E-state index contributed by atoms with van der Waals surface area (Å²) >= 11 is 0. The molecule has 92 valence electrons. The number of hydrogen-bond donors (Lipinski definition) is 2. The van der Waals surface area contributed by atoms with Gasteiger partial charge in [0.1, 0.15) is 5.84 Å². The second-order valence-corrected chi connectivity index (χ2v) is 4.50. The highest BCUT2D eigenvalue weighted by molar-refractivity contribution is 5.87. The topological polar surface area (TPSA) is 61.9 Å². The van der Waals surface area contributed by atoms with Crippen molar-refractivity contribution in [2.75, 3.05) is 19.6 Å². The first-order valence-electron chi connectivity index (χ1n) is 6.06. The van der Waals surface area contributed by atoms with Crippen LogP contribution >= 0.6 is 0 Å². The number of hydrogen-bond acceptors (Lipinski definition) is 3. The molecule has 1 saturated heterocycles. The highest BCUT2D eigenvalue weighted by atomic mass is 16.4. The van der Waals surface area contributed by atoms with Crippen molar-refractivity contribution >= 4 is 5.84 Å². The summed E-state index contributed by atoms with van der Waals surface area (Å²) in [5.41, 5.74) is 6.91. The van der Waals surface area contributed by atoms with Crippen LogP contribution in [0.5, 0.6) is 0 Å². The fourth-order valence-corrected chi connectivity index (χ4v) is 2.35. The van der Waals surface area contributed by atoms with Gasteiger partial charge in [-0.1, -0.05) is 35.5 Å². The van der Waals surface area contributed by atoms with Crippen LogP contribution in [-0.4, -0.2) is 35.6 Å². The highest BCUT2D eigenvalue weighted by Gasteiger charge is 2.22. The molecule has 1 atom stereocenters. The Morgan fingerprint density at radius 3 is 2.53 bits per heavy atom. The number of nitrogens with zero attached hydrogens (tertiary/aromatic N) is 2. The van der Waals surface area contributed by atoms with Gasteiger partial charge in [-0.3, -0.25) is 0 Å². The first-order valence-corrected chi connectivity index (χ1v) is 6.06. The molecule has 1 aliphatic rings. The molecule has 3 N–H and O–H groups in total. The van der Waals surface area contributed by atoms with Crippen molar-refractivity contribution in [1.29, 1.82) is 0 Å². The number of oxime groups is 1. The van der Waals surface area contributed by atoms with Crippen LogP contribution < -0.4 is 5.73 Å². The minimum absolute atomic E-state index is 0.0145. The minimum Gasteiger partial charge on any atom is -0.409 e. The summed E-state index contributed by atoms with van der Waals surface area (Å²) in [6, 6.07) is 9.99. The second-order valence-electron chi connectivity index (χ2n) is 4.50. The van der Waals surface area contributed by atoms with Gasteiger partial charge in [-0.05, 0) is 31.5 Å². The summed E-state index contributed by atoms with van der Waals surface area (Å²) in [4.78, 5) is 2.37. The van der Waals surface area contributed by atoms with Crippen molar-refractivity contribution < 1.29 is 5.21 Å². The maximum absolute atomic E-state index is 8.88. The van der Waals surface area contributed by atoms with Crippen molar-refractivity contribution in [1.82, 2.24) is 4.90 Å². The Hall–Kier alpha value is -1.55. The van der Waals surface area contributed by atoms with Crippen LogP contribution in [0.25, 0.3) is 0 Å². The summed E-state index contributed by atoms with van der Waals surface area (Å²) < 4.78 is 0. The number of rotatable bonds is 4. The average Bonchev–Trinajstić information content (AvgIpc) is 2.89. The number of amidine groups is 1. The SMILES string of the molecule is NC(=NO)C(CN1CCCC1)c1ccccc1. The van der Waals surface area contributed by atoms with Gasteiger partial charge in [0, 0.05) is 6.54 Å². The lowest BCUT2D eigenvalue weighted by Gasteiger charge is -2.22. The van der Waals surface area contributed by atoms with Gasteiger partial charge in [0.25, 0.3) is 0 Å². The van der Waals surface area contributed by atoms with E-state index in [9.17, 15) is 0 Å². The summed E-state index contributed by atoms with van der Waals surface area (Å²) in [5, 5.41) is 12.1. The Balaban J connectivity index is 2.13. The predicted octanol–water partition coefficient (Wildman–Crippen LogP) is 1.61. The number of nitrogens with two attached hydrogens (primary N) is 1. The lowest BCUT2D eigenvalue weighted by atomic mass is 9.97. The fraction of sp³-hybridized carbons (Fsp3) is 0.462. The van der Waals surface area contributed by atoms with Gasteiger partial charge in [0.2, 0.25) is 0 Å². The monoisotopic (exact) mass is 233 g/mol. The zero-order chi connectivity index (χ0) is 12.1. The lowest BCUT2D eigenvalue weighted by molar-refractivity contribution is 0.306. The summed E-state index contributed by atoms with van der Waals surface area (Å²) in [6.07, 6.45) is 2.50. The first kappa shape index (κ1) is 11.9. The first-order chi connectivity index (χ1) is 8.31. The normalized spacial score (nSPS) is 19.4. The molecule has 0 spiro atoms. The van der Waals surface area contributed by atoms with E-state index in [1.807, 2.05) is 30.3 Å². The molecule has 1 fully saturated rings. The van der Waals surface area contributed by atoms with Crippen LogP contribution in [0.15, 0.2) is 35.5 Å². The van der Waals surface area contributed by atoms with Crippen LogP contribution in [0.4, 0.5) is 0 Å². The second kappa shape index (κ2) is 5.68. The van der Waals surface area contributed by atoms with Gasteiger partial charge < -0.3 is 15.8 Å². The Labute approximate surface area is 102 Å². The lowest BCUT2D eigenvalue weighted by Crippen LogP contribution is -2.33. The molecule has 0 bridgehead atoms. The van der Waals surface area contributed by atoms with Gasteiger partial charge in [0.05, 0.1) is 5.92 Å². The molecule has 17 heavy (non-hydrogen) atoms. The molecule has 0 saturated carbocycles. The van der Waals surface area contributed by atoms with E-state index < -0.39 is 0 Å². The van der Waals surface area contributed by atoms with E-state index in [-0.39, 0.29) is 5.92 Å². The minimum atomic E-state index is -0.0145.